The Labute approximate surface area is 117 Å². The highest BCUT2D eigenvalue weighted by atomic mass is 35.5. The molecule has 1 aromatic heterocycles. The topological polar surface area (TPSA) is 87.5 Å². The molecule has 2 rings (SSSR count). The third-order valence-corrected chi connectivity index (χ3v) is 3.28. The highest BCUT2D eigenvalue weighted by Gasteiger charge is 2.11. The van der Waals surface area contributed by atoms with Crippen LogP contribution in [0.3, 0.4) is 0 Å². The van der Waals surface area contributed by atoms with Crippen LogP contribution in [-0.2, 0) is 0 Å². The van der Waals surface area contributed by atoms with Gasteiger partial charge < -0.3 is 5.11 Å². The number of nitrogens with one attached hydrogen (secondary N) is 1. The number of phenols is 1. The van der Waals surface area contributed by atoms with Gasteiger partial charge in [-0.2, -0.15) is 5.10 Å². The van der Waals surface area contributed by atoms with Crippen molar-refractivity contribution in [3.8, 4) is 5.75 Å². The van der Waals surface area contributed by atoms with Gasteiger partial charge in [-0.3, -0.25) is 4.79 Å². The number of carbonyl (C=O) groups is 1. The van der Waals surface area contributed by atoms with Crippen LogP contribution >= 0.6 is 23.1 Å². The van der Waals surface area contributed by atoms with E-state index in [9.17, 15) is 9.90 Å². The van der Waals surface area contributed by atoms with E-state index >= 15 is 0 Å². The van der Waals surface area contributed by atoms with Gasteiger partial charge in [-0.15, -0.1) is 5.10 Å². The molecule has 0 atom stereocenters. The lowest BCUT2D eigenvalue weighted by molar-refractivity contribution is 0.0958. The predicted molar refractivity (Wildman–Crippen MR) is 72.8 cm³/mol. The highest BCUT2D eigenvalue weighted by molar-refractivity contribution is 7.07. The number of aryl methyl sites for hydroxylation is 1. The second-order valence-electron chi connectivity index (χ2n) is 3.59. The molecule has 2 aromatic rings. The molecule has 0 aliphatic heterocycles. The maximum atomic E-state index is 11.7. The normalized spacial score (nSPS) is 10.8. The Kier molecular flexibility index (Phi) is 4.08. The minimum Gasteiger partial charge on any atom is -0.507 e. The fourth-order valence-electron chi connectivity index (χ4n) is 1.28. The van der Waals surface area contributed by atoms with Gasteiger partial charge in [0.1, 0.15) is 10.6 Å². The van der Waals surface area contributed by atoms with Crippen LogP contribution in [-0.4, -0.2) is 26.8 Å². The summed E-state index contributed by atoms with van der Waals surface area (Å²) in [6, 6.07) is 4.54. The summed E-state index contributed by atoms with van der Waals surface area (Å²) in [5.41, 5.74) is 3.28. The first-order valence-corrected chi connectivity index (χ1v) is 6.34. The van der Waals surface area contributed by atoms with Crippen molar-refractivity contribution in [1.82, 2.24) is 15.0 Å². The molecule has 6 nitrogen and oxygen atoms in total. The fourth-order valence-corrected chi connectivity index (χ4v) is 2.01. The number of carbonyl (C=O) groups excluding carboxylic acids is 1. The largest absolute Gasteiger partial charge is 0.507 e. The quantitative estimate of drug-likeness (QED) is 0.669. The number of hydrazone groups is 1. The molecule has 0 spiro atoms. The van der Waals surface area contributed by atoms with Gasteiger partial charge in [0.25, 0.3) is 5.91 Å². The lowest BCUT2D eigenvalue weighted by Gasteiger charge is -1.99. The number of halogens is 1. The van der Waals surface area contributed by atoms with Crippen LogP contribution in [0.4, 0.5) is 0 Å². The van der Waals surface area contributed by atoms with Gasteiger partial charge in [-0.25, -0.2) is 5.43 Å². The Balaban J connectivity index is 2.06. The number of hydrogen-bond acceptors (Lipinski definition) is 6. The van der Waals surface area contributed by atoms with Crippen LogP contribution in [0, 0.1) is 6.92 Å². The first-order valence-electron chi connectivity index (χ1n) is 5.19. The number of aromatic nitrogens is 2. The van der Waals surface area contributed by atoms with Gasteiger partial charge in [-0.1, -0.05) is 16.1 Å². The van der Waals surface area contributed by atoms with Gasteiger partial charge in [0, 0.05) is 10.6 Å². The number of benzene rings is 1. The number of amides is 1. The molecule has 98 valence electrons. The van der Waals surface area contributed by atoms with Crippen molar-refractivity contribution < 1.29 is 9.90 Å². The van der Waals surface area contributed by atoms with Crippen LogP contribution in [0.1, 0.15) is 20.9 Å². The Morgan fingerprint density at radius 2 is 2.37 bits per heavy atom. The molecule has 0 fully saturated rings. The maximum Gasteiger partial charge on any atom is 0.285 e. The molecular formula is C11H9ClN4O2S. The summed E-state index contributed by atoms with van der Waals surface area (Å²) in [5.74, 6) is -0.372. The summed E-state index contributed by atoms with van der Waals surface area (Å²) in [4.78, 5) is 12.1. The molecule has 0 aliphatic rings. The standard InChI is InChI=1S/C11H9ClN4O2S/c1-6-10(19-16-14-6)11(18)15-13-5-7-4-8(12)2-3-9(7)17/h2-5,17H,1H3,(H,15,18)/b13-5-. The number of aromatic hydroxyl groups is 1. The van der Waals surface area contributed by atoms with Crippen LogP contribution in [0.15, 0.2) is 23.3 Å². The van der Waals surface area contributed by atoms with E-state index in [0.29, 0.717) is 21.2 Å². The zero-order valence-corrected chi connectivity index (χ0v) is 11.4. The average Bonchev–Trinajstić information content (AvgIpc) is 2.80. The van der Waals surface area contributed by atoms with Gasteiger partial charge in [0.2, 0.25) is 0 Å². The van der Waals surface area contributed by atoms with E-state index in [-0.39, 0.29) is 5.75 Å². The van der Waals surface area contributed by atoms with Gasteiger partial charge in [-0.05, 0) is 36.7 Å². The predicted octanol–water partition coefficient (Wildman–Crippen LogP) is 1.97. The zero-order chi connectivity index (χ0) is 13.8. The van der Waals surface area contributed by atoms with Crippen molar-refractivity contribution in [2.45, 2.75) is 6.92 Å². The van der Waals surface area contributed by atoms with E-state index in [1.165, 1.54) is 18.3 Å². The van der Waals surface area contributed by atoms with E-state index in [2.05, 4.69) is 20.1 Å². The van der Waals surface area contributed by atoms with Gasteiger partial charge >= 0.3 is 0 Å². The molecule has 1 aromatic carbocycles. The Hall–Kier alpha value is -1.99. The molecule has 0 saturated heterocycles. The molecule has 0 bridgehead atoms. The summed E-state index contributed by atoms with van der Waals surface area (Å²) >= 11 is 6.78. The van der Waals surface area contributed by atoms with Crippen molar-refractivity contribution in [3.05, 3.63) is 39.4 Å². The lowest BCUT2D eigenvalue weighted by Crippen LogP contribution is -2.17. The monoisotopic (exact) mass is 296 g/mol. The van der Waals surface area contributed by atoms with E-state index in [0.717, 1.165) is 11.5 Å². The molecule has 8 heteroatoms. The molecule has 0 radical (unpaired) electrons. The molecular weight excluding hydrogens is 288 g/mol. The van der Waals surface area contributed by atoms with E-state index in [4.69, 9.17) is 11.6 Å². The van der Waals surface area contributed by atoms with Gasteiger partial charge in [0.05, 0.1) is 11.9 Å². The van der Waals surface area contributed by atoms with Crippen LogP contribution in [0.25, 0.3) is 0 Å². The summed E-state index contributed by atoms with van der Waals surface area (Å²) in [5, 5.41) is 17.5. The van der Waals surface area contributed by atoms with Crippen molar-refractivity contribution >= 4 is 35.3 Å². The first-order chi connectivity index (χ1) is 9.08. The molecule has 0 aliphatic carbocycles. The third kappa shape index (κ3) is 3.27. The van der Waals surface area contributed by atoms with Crippen LogP contribution < -0.4 is 5.43 Å². The van der Waals surface area contributed by atoms with Crippen LogP contribution in [0.2, 0.25) is 5.02 Å². The molecule has 1 heterocycles. The van der Waals surface area contributed by atoms with Crippen molar-refractivity contribution in [2.75, 3.05) is 0 Å². The smallest absolute Gasteiger partial charge is 0.285 e. The first kappa shape index (κ1) is 13.4. The molecule has 1 amide bonds. The van der Waals surface area contributed by atoms with Crippen LogP contribution in [0.5, 0.6) is 5.75 Å². The molecule has 2 N–H and O–H groups in total. The summed E-state index contributed by atoms with van der Waals surface area (Å²) in [7, 11) is 0. The Morgan fingerprint density at radius 1 is 1.58 bits per heavy atom. The summed E-state index contributed by atoms with van der Waals surface area (Å²) < 4.78 is 3.66. The number of nitrogens with zero attached hydrogens (tertiary/aromatic N) is 3. The number of phenolic OH excluding ortho intramolecular Hbond substituents is 1. The summed E-state index contributed by atoms with van der Waals surface area (Å²) in [6.45, 7) is 1.69. The minimum absolute atomic E-state index is 0.0260. The second kappa shape index (κ2) is 5.77. The molecule has 19 heavy (non-hydrogen) atoms. The SMILES string of the molecule is Cc1nnsc1C(=O)N/N=C\c1cc(Cl)ccc1O. The van der Waals surface area contributed by atoms with Crippen molar-refractivity contribution in [3.63, 3.8) is 0 Å². The fraction of sp³-hybridized carbons (Fsp3) is 0.0909. The van der Waals surface area contributed by atoms with Gasteiger partial charge in [0.15, 0.2) is 0 Å². The number of rotatable bonds is 3. The minimum atomic E-state index is -0.398. The van der Waals surface area contributed by atoms with E-state index in [1.54, 1.807) is 13.0 Å². The zero-order valence-electron chi connectivity index (χ0n) is 9.79. The van der Waals surface area contributed by atoms with Crippen molar-refractivity contribution in [2.24, 2.45) is 5.10 Å². The lowest BCUT2D eigenvalue weighted by atomic mass is 10.2. The molecule has 0 saturated carbocycles. The third-order valence-electron chi connectivity index (χ3n) is 2.22. The molecule has 0 unspecified atom stereocenters. The Morgan fingerprint density at radius 3 is 3.05 bits per heavy atom. The Bertz CT molecular complexity index is 641. The van der Waals surface area contributed by atoms with E-state index in [1.807, 2.05) is 0 Å². The number of hydrogen-bond donors (Lipinski definition) is 2. The summed E-state index contributed by atoms with van der Waals surface area (Å²) in [6.07, 6.45) is 1.31. The maximum absolute atomic E-state index is 11.7. The highest BCUT2D eigenvalue weighted by Crippen LogP contribution is 2.19. The van der Waals surface area contributed by atoms with E-state index < -0.39 is 5.91 Å². The second-order valence-corrected chi connectivity index (χ2v) is 4.78. The van der Waals surface area contributed by atoms with Crippen molar-refractivity contribution in [1.29, 1.82) is 0 Å². The average molecular weight is 297 g/mol.